The van der Waals surface area contributed by atoms with Crippen molar-refractivity contribution in [1.29, 1.82) is 10.5 Å². The molecule has 2 heterocycles. The van der Waals surface area contributed by atoms with Crippen LogP contribution in [0.4, 0.5) is 11.6 Å². The van der Waals surface area contributed by atoms with Gasteiger partial charge in [0.05, 0.1) is 31.1 Å². The minimum Gasteiger partial charge on any atom is -0.497 e. The molecule has 0 amide bonds. The zero-order valence-corrected chi connectivity index (χ0v) is 22.2. The van der Waals surface area contributed by atoms with Crippen LogP contribution in [0.2, 0.25) is 0 Å². The van der Waals surface area contributed by atoms with E-state index in [1.807, 2.05) is 60.9 Å². The molecule has 0 atom stereocenters. The number of ether oxygens (including phenoxy) is 2. The third-order valence-electron chi connectivity index (χ3n) is 6.25. The molecule has 0 unspecified atom stereocenters. The first-order valence-corrected chi connectivity index (χ1v) is 12.5. The van der Waals surface area contributed by atoms with Crippen molar-refractivity contribution in [1.82, 2.24) is 19.5 Å². The van der Waals surface area contributed by atoms with Crippen LogP contribution in [0.5, 0.6) is 17.4 Å². The lowest BCUT2D eigenvalue weighted by Gasteiger charge is -2.15. The van der Waals surface area contributed by atoms with Crippen molar-refractivity contribution in [2.24, 2.45) is 0 Å². The summed E-state index contributed by atoms with van der Waals surface area (Å²) >= 11 is 0. The SMILES string of the molecule is COc1ccc(Cn2cnc3nc(Nc4ccc(C#N)cc4)nc(Oc4c(C)cc(C=CC#N)cc4C)c32)cc1. The highest BCUT2D eigenvalue weighted by Crippen LogP contribution is 2.34. The second-order valence-corrected chi connectivity index (χ2v) is 9.11. The van der Waals surface area contributed by atoms with Gasteiger partial charge in [-0.15, -0.1) is 0 Å². The molecule has 9 nitrogen and oxygen atoms in total. The molecule has 0 aliphatic rings. The van der Waals surface area contributed by atoms with Crippen molar-refractivity contribution in [3.63, 3.8) is 0 Å². The second kappa shape index (κ2) is 11.4. The third kappa shape index (κ3) is 5.59. The molecule has 0 spiro atoms. The van der Waals surface area contributed by atoms with Crippen LogP contribution in [0.25, 0.3) is 17.2 Å². The van der Waals surface area contributed by atoms with E-state index in [0.717, 1.165) is 33.7 Å². The van der Waals surface area contributed by atoms with Crippen molar-refractivity contribution in [2.45, 2.75) is 20.4 Å². The molecule has 0 radical (unpaired) electrons. The number of nitrogens with one attached hydrogen (secondary N) is 1. The van der Waals surface area contributed by atoms with Crippen LogP contribution >= 0.6 is 0 Å². The minimum atomic E-state index is 0.311. The van der Waals surface area contributed by atoms with Crippen LogP contribution < -0.4 is 14.8 Å². The van der Waals surface area contributed by atoms with Crippen LogP contribution in [0.15, 0.2) is 73.1 Å². The molecule has 3 aromatic carbocycles. The predicted octanol–water partition coefficient (Wildman–Crippen LogP) is 6.44. The Balaban J connectivity index is 1.57. The number of anilines is 2. The summed E-state index contributed by atoms with van der Waals surface area (Å²) in [4.78, 5) is 13.9. The second-order valence-electron chi connectivity index (χ2n) is 9.11. The number of nitriles is 2. The Morgan fingerprint density at radius 2 is 1.70 bits per heavy atom. The lowest BCUT2D eigenvalue weighted by atomic mass is 10.1. The number of allylic oxidation sites excluding steroid dienone is 1. The minimum absolute atomic E-state index is 0.311. The summed E-state index contributed by atoms with van der Waals surface area (Å²) in [6.45, 7) is 4.43. The Labute approximate surface area is 231 Å². The van der Waals surface area contributed by atoms with E-state index < -0.39 is 0 Å². The number of hydrogen-bond donors (Lipinski definition) is 1. The van der Waals surface area contributed by atoms with Gasteiger partial charge in [-0.3, -0.25) is 0 Å². The van der Waals surface area contributed by atoms with Crippen LogP contribution in [0, 0.1) is 36.5 Å². The van der Waals surface area contributed by atoms with Gasteiger partial charge in [-0.25, -0.2) is 4.98 Å². The van der Waals surface area contributed by atoms with E-state index in [-0.39, 0.29) is 0 Å². The average Bonchev–Trinajstić information content (AvgIpc) is 3.37. The Bertz CT molecular complexity index is 1770. The van der Waals surface area contributed by atoms with Gasteiger partial charge >= 0.3 is 0 Å². The molecule has 2 aromatic heterocycles. The molecule has 1 N–H and O–H groups in total. The zero-order chi connectivity index (χ0) is 28.1. The number of aromatic nitrogens is 4. The summed E-state index contributed by atoms with van der Waals surface area (Å²) in [6, 6.07) is 22.9. The molecule has 9 heteroatoms. The van der Waals surface area contributed by atoms with Crippen molar-refractivity contribution in [2.75, 3.05) is 12.4 Å². The van der Waals surface area contributed by atoms with Crippen LogP contribution in [0.1, 0.15) is 27.8 Å². The van der Waals surface area contributed by atoms with Gasteiger partial charge in [-0.2, -0.15) is 20.5 Å². The average molecular weight is 528 g/mol. The Kier molecular flexibility index (Phi) is 7.38. The molecule has 0 aliphatic carbocycles. The fraction of sp³-hybridized carbons (Fsp3) is 0.129. The first-order valence-electron chi connectivity index (χ1n) is 12.5. The Hall–Kier alpha value is -5.67. The number of rotatable bonds is 8. The molecule has 0 bridgehead atoms. The number of imidazole rings is 1. The fourth-order valence-electron chi connectivity index (χ4n) is 4.35. The first-order chi connectivity index (χ1) is 19.5. The van der Waals surface area contributed by atoms with E-state index in [1.54, 1.807) is 43.8 Å². The number of nitrogens with zero attached hydrogens (tertiary/aromatic N) is 6. The van der Waals surface area contributed by atoms with E-state index in [0.29, 0.717) is 40.8 Å². The maximum Gasteiger partial charge on any atom is 0.250 e. The number of hydrogen-bond acceptors (Lipinski definition) is 8. The molecule has 40 heavy (non-hydrogen) atoms. The van der Waals surface area contributed by atoms with Gasteiger partial charge in [0, 0.05) is 18.3 Å². The van der Waals surface area contributed by atoms with Gasteiger partial charge in [-0.1, -0.05) is 12.1 Å². The normalized spacial score (nSPS) is 10.8. The van der Waals surface area contributed by atoms with E-state index in [4.69, 9.17) is 25.0 Å². The number of methoxy groups -OCH3 is 1. The van der Waals surface area contributed by atoms with Crippen LogP contribution in [-0.4, -0.2) is 26.6 Å². The predicted molar refractivity (Wildman–Crippen MR) is 152 cm³/mol. The van der Waals surface area contributed by atoms with E-state index in [9.17, 15) is 0 Å². The molecule has 5 aromatic rings. The highest BCUT2D eigenvalue weighted by atomic mass is 16.5. The van der Waals surface area contributed by atoms with Gasteiger partial charge in [0.25, 0.3) is 5.88 Å². The highest BCUT2D eigenvalue weighted by Gasteiger charge is 2.18. The summed E-state index contributed by atoms with van der Waals surface area (Å²) in [7, 11) is 1.64. The quantitative estimate of drug-likeness (QED) is 0.229. The van der Waals surface area contributed by atoms with Crippen molar-refractivity contribution >= 4 is 28.9 Å². The van der Waals surface area contributed by atoms with Crippen LogP contribution in [-0.2, 0) is 6.54 Å². The lowest BCUT2D eigenvalue weighted by molar-refractivity contribution is 0.414. The maximum atomic E-state index is 9.11. The van der Waals surface area contributed by atoms with Crippen molar-refractivity contribution < 1.29 is 9.47 Å². The monoisotopic (exact) mass is 527 g/mol. The van der Waals surface area contributed by atoms with Gasteiger partial charge in [-0.05, 0) is 90.7 Å². The third-order valence-corrected chi connectivity index (χ3v) is 6.25. The van der Waals surface area contributed by atoms with Gasteiger partial charge in [0.1, 0.15) is 11.5 Å². The van der Waals surface area contributed by atoms with Gasteiger partial charge in [0.2, 0.25) is 5.95 Å². The van der Waals surface area contributed by atoms with Crippen molar-refractivity contribution in [3.8, 4) is 29.5 Å². The first kappa shape index (κ1) is 26.0. The molecule has 0 fully saturated rings. The molecular formula is C31H25N7O2. The molecule has 0 aliphatic heterocycles. The summed E-state index contributed by atoms with van der Waals surface area (Å²) in [5.74, 6) is 2.10. The van der Waals surface area contributed by atoms with Gasteiger partial charge < -0.3 is 19.4 Å². The standard InChI is InChI=1S/C31H25N7O2/c1-20-15-24(5-4-14-32)16-21(2)28(20)40-30-27-29(34-19-38(27)18-23-8-12-26(39-3)13-9-23)36-31(37-30)35-25-10-6-22(17-33)7-11-25/h4-13,15-16,19H,18H2,1-3H3,(H,35,36,37). The topological polar surface area (TPSA) is 122 Å². The van der Waals surface area contributed by atoms with Crippen LogP contribution in [0.3, 0.4) is 0 Å². The Morgan fingerprint density at radius 1 is 0.975 bits per heavy atom. The molecule has 0 saturated heterocycles. The highest BCUT2D eigenvalue weighted by molar-refractivity contribution is 5.79. The van der Waals surface area contributed by atoms with Crippen molar-refractivity contribution in [3.05, 3.63) is 101 Å². The van der Waals surface area contributed by atoms with E-state index >= 15 is 0 Å². The van der Waals surface area contributed by atoms with Gasteiger partial charge in [0.15, 0.2) is 11.2 Å². The smallest absolute Gasteiger partial charge is 0.250 e. The fourth-order valence-corrected chi connectivity index (χ4v) is 4.35. The molecular weight excluding hydrogens is 502 g/mol. The largest absolute Gasteiger partial charge is 0.497 e. The molecule has 196 valence electrons. The molecule has 0 saturated carbocycles. The summed E-state index contributed by atoms with van der Waals surface area (Å²) < 4.78 is 13.7. The van der Waals surface area contributed by atoms with E-state index in [1.165, 1.54) is 6.08 Å². The number of benzene rings is 3. The van der Waals surface area contributed by atoms with E-state index in [2.05, 4.69) is 21.4 Å². The summed E-state index contributed by atoms with van der Waals surface area (Å²) in [6.07, 6.45) is 4.93. The number of aryl methyl sites for hydroxylation is 2. The lowest BCUT2D eigenvalue weighted by Crippen LogP contribution is -2.05. The molecule has 5 rings (SSSR count). The summed E-state index contributed by atoms with van der Waals surface area (Å²) in [5.41, 5.74) is 6.15. The zero-order valence-electron chi connectivity index (χ0n) is 22.2. The Morgan fingerprint density at radius 3 is 2.35 bits per heavy atom. The number of fused-ring (bicyclic) bond motifs is 1. The summed E-state index contributed by atoms with van der Waals surface area (Å²) in [5, 5.41) is 21.2. The maximum absolute atomic E-state index is 9.11.